The molecule has 2 heteroatoms. The minimum absolute atomic E-state index is 0.282. The molecule has 0 bridgehead atoms. The summed E-state index contributed by atoms with van der Waals surface area (Å²) in [7, 11) is 0. The van der Waals surface area contributed by atoms with E-state index < -0.39 is 0 Å². The third-order valence-electron chi connectivity index (χ3n) is 7.04. The fourth-order valence-electron chi connectivity index (χ4n) is 5.36. The number of aromatic nitrogens is 1. The predicted octanol–water partition coefficient (Wildman–Crippen LogP) is 8.98. The Morgan fingerprint density at radius 3 is 1.89 bits per heavy atom. The van der Waals surface area contributed by atoms with Crippen LogP contribution in [0, 0.1) is 0 Å². The molecule has 0 radical (unpaired) electrons. The number of para-hydroxylation sites is 1. The highest BCUT2D eigenvalue weighted by molar-refractivity contribution is 6.19. The van der Waals surface area contributed by atoms with Crippen LogP contribution < -0.4 is 0 Å². The standard InChI is InChI=1S/C34H23NO/c36-29-16-19-30-27(21-29)15-18-32-31-17-14-26(22-33(31)35(34(30)32)28-12-5-2-6-13-28)25-11-7-10-24(20-25)23-8-3-1-4-9-23/h1-22,36H. The maximum absolute atomic E-state index is 10.1. The van der Waals surface area contributed by atoms with Gasteiger partial charge in [0.1, 0.15) is 5.75 Å². The summed E-state index contributed by atoms with van der Waals surface area (Å²) in [6.07, 6.45) is 0. The maximum Gasteiger partial charge on any atom is 0.116 e. The van der Waals surface area contributed by atoms with Gasteiger partial charge in [-0.15, -0.1) is 0 Å². The zero-order valence-electron chi connectivity index (χ0n) is 19.6. The van der Waals surface area contributed by atoms with Crippen LogP contribution in [0.5, 0.6) is 5.75 Å². The first-order valence-electron chi connectivity index (χ1n) is 12.2. The van der Waals surface area contributed by atoms with Crippen LogP contribution in [0.25, 0.3) is 60.5 Å². The first-order valence-corrected chi connectivity index (χ1v) is 12.2. The van der Waals surface area contributed by atoms with Gasteiger partial charge in [-0.25, -0.2) is 0 Å². The van der Waals surface area contributed by atoms with E-state index in [4.69, 9.17) is 0 Å². The number of nitrogens with zero attached hydrogens (tertiary/aromatic N) is 1. The summed E-state index contributed by atoms with van der Waals surface area (Å²) in [5, 5.41) is 14.7. The molecule has 6 aromatic carbocycles. The average Bonchev–Trinajstić information content (AvgIpc) is 3.28. The topological polar surface area (TPSA) is 25.2 Å². The number of hydrogen-bond acceptors (Lipinski definition) is 1. The normalized spacial score (nSPS) is 11.4. The number of aromatic hydroxyl groups is 1. The van der Waals surface area contributed by atoms with Gasteiger partial charge in [0.25, 0.3) is 0 Å². The molecule has 2 nitrogen and oxygen atoms in total. The molecule has 0 aliphatic rings. The Bertz CT molecular complexity index is 1880. The molecule has 170 valence electrons. The number of benzene rings is 6. The molecule has 1 heterocycles. The number of rotatable bonds is 3. The van der Waals surface area contributed by atoms with Crippen molar-refractivity contribution < 1.29 is 5.11 Å². The highest BCUT2D eigenvalue weighted by atomic mass is 16.3. The van der Waals surface area contributed by atoms with Crippen molar-refractivity contribution in [2.75, 3.05) is 0 Å². The molecule has 7 aromatic rings. The van der Waals surface area contributed by atoms with E-state index in [0.29, 0.717) is 0 Å². The Labute approximate surface area is 209 Å². The number of phenols is 1. The van der Waals surface area contributed by atoms with Crippen LogP contribution in [0.2, 0.25) is 0 Å². The van der Waals surface area contributed by atoms with Gasteiger partial charge in [-0.3, -0.25) is 0 Å². The van der Waals surface area contributed by atoms with Crippen LogP contribution in [0.1, 0.15) is 0 Å². The van der Waals surface area contributed by atoms with Gasteiger partial charge < -0.3 is 9.67 Å². The SMILES string of the molecule is Oc1ccc2c(ccc3c4ccc(-c5cccc(-c6ccccc6)c5)cc4n(-c4ccccc4)c23)c1. The van der Waals surface area contributed by atoms with Crippen LogP contribution in [-0.4, -0.2) is 9.67 Å². The molecule has 1 aromatic heterocycles. The summed E-state index contributed by atoms with van der Waals surface area (Å²) in [6.45, 7) is 0. The van der Waals surface area contributed by atoms with Gasteiger partial charge in [-0.05, 0) is 70.1 Å². The van der Waals surface area contributed by atoms with Gasteiger partial charge in [-0.1, -0.05) is 91.0 Å². The van der Waals surface area contributed by atoms with E-state index in [0.717, 1.165) is 22.0 Å². The van der Waals surface area contributed by atoms with Crippen LogP contribution in [0.3, 0.4) is 0 Å². The summed E-state index contributed by atoms with van der Waals surface area (Å²) in [5.41, 5.74) is 8.24. The molecule has 0 saturated heterocycles. The smallest absolute Gasteiger partial charge is 0.116 e. The lowest BCUT2D eigenvalue weighted by Crippen LogP contribution is -1.94. The first-order chi connectivity index (χ1) is 17.8. The van der Waals surface area contributed by atoms with Gasteiger partial charge >= 0.3 is 0 Å². The van der Waals surface area contributed by atoms with E-state index in [-0.39, 0.29) is 5.75 Å². The van der Waals surface area contributed by atoms with E-state index in [1.54, 1.807) is 6.07 Å². The van der Waals surface area contributed by atoms with Gasteiger partial charge in [0.05, 0.1) is 11.0 Å². The second-order valence-electron chi connectivity index (χ2n) is 9.22. The molecule has 0 atom stereocenters. The fraction of sp³-hybridized carbons (Fsp3) is 0. The quantitative estimate of drug-likeness (QED) is 0.279. The number of hydrogen-bond donors (Lipinski definition) is 1. The minimum Gasteiger partial charge on any atom is -0.508 e. The van der Waals surface area contributed by atoms with E-state index in [1.165, 1.54) is 38.5 Å². The molecule has 0 aliphatic carbocycles. The summed E-state index contributed by atoms with van der Waals surface area (Å²) < 4.78 is 2.36. The highest BCUT2D eigenvalue weighted by Crippen LogP contribution is 2.39. The largest absolute Gasteiger partial charge is 0.508 e. The molecule has 0 spiro atoms. The first kappa shape index (κ1) is 20.5. The molecule has 0 amide bonds. The summed E-state index contributed by atoms with van der Waals surface area (Å²) in [5.74, 6) is 0.282. The van der Waals surface area contributed by atoms with E-state index in [1.807, 2.05) is 18.2 Å². The van der Waals surface area contributed by atoms with Gasteiger partial charge in [0, 0.05) is 21.8 Å². The Morgan fingerprint density at radius 2 is 1.08 bits per heavy atom. The van der Waals surface area contributed by atoms with Crippen molar-refractivity contribution in [1.29, 1.82) is 0 Å². The Hall–Kier alpha value is -4.82. The molecule has 0 unspecified atom stereocenters. The summed E-state index contributed by atoms with van der Waals surface area (Å²) in [6, 6.07) is 46.5. The molecule has 0 fully saturated rings. The minimum atomic E-state index is 0.282. The molecule has 36 heavy (non-hydrogen) atoms. The number of fused-ring (bicyclic) bond motifs is 5. The van der Waals surface area contributed by atoms with Crippen molar-refractivity contribution >= 4 is 32.6 Å². The molecular weight excluding hydrogens is 438 g/mol. The van der Waals surface area contributed by atoms with Crippen LogP contribution in [0.15, 0.2) is 133 Å². The zero-order valence-corrected chi connectivity index (χ0v) is 19.6. The van der Waals surface area contributed by atoms with Crippen LogP contribution >= 0.6 is 0 Å². The highest BCUT2D eigenvalue weighted by Gasteiger charge is 2.16. The predicted molar refractivity (Wildman–Crippen MR) is 151 cm³/mol. The molecule has 7 rings (SSSR count). The van der Waals surface area contributed by atoms with Gasteiger partial charge in [0.2, 0.25) is 0 Å². The van der Waals surface area contributed by atoms with Gasteiger partial charge in [-0.2, -0.15) is 0 Å². The van der Waals surface area contributed by atoms with Crippen molar-refractivity contribution in [2.45, 2.75) is 0 Å². The van der Waals surface area contributed by atoms with Crippen molar-refractivity contribution in [3.05, 3.63) is 133 Å². The monoisotopic (exact) mass is 461 g/mol. The molecule has 0 saturated carbocycles. The van der Waals surface area contributed by atoms with E-state index >= 15 is 0 Å². The Morgan fingerprint density at radius 1 is 0.444 bits per heavy atom. The maximum atomic E-state index is 10.1. The second-order valence-corrected chi connectivity index (χ2v) is 9.22. The fourth-order valence-corrected chi connectivity index (χ4v) is 5.36. The summed E-state index contributed by atoms with van der Waals surface area (Å²) in [4.78, 5) is 0. The summed E-state index contributed by atoms with van der Waals surface area (Å²) >= 11 is 0. The molecule has 1 N–H and O–H groups in total. The van der Waals surface area contributed by atoms with Crippen molar-refractivity contribution in [2.24, 2.45) is 0 Å². The third-order valence-corrected chi connectivity index (χ3v) is 7.04. The average molecular weight is 462 g/mol. The van der Waals surface area contributed by atoms with Crippen LogP contribution in [0.4, 0.5) is 0 Å². The second kappa shape index (κ2) is 8.14. The van der Waals surface area contributed by atoms with Gasteiger partial charge in [0.15, 0.2) is 0 Å². The lowest BCUT2D eigenvalue weighted by atomic mass is 9.98. The molecular formula is C34H23NO. The number of phenolic OH excluding ortho intramolecular Hbond substituents is 1. The molecule has 0 aliphatic heterocycles. The van der Waals surface area contributed by atoms with Crippen LogP contribution in [-0.2, 0) is 0 Å². The third kappa shape index (κ3) is 3.27. The van der Waals surface area contributed by atoms with Crippen molar-refractivity contribution in [3.8, 4) is 33.7 Å². The van der Waals surface area contributed by atoms with E-state index in [9.17, 15) is 5.11 Å². The van der Waals surface area contributed by atoms with Crippen molar-refractivity contribution in [3.63, 3.8) is 0 Å². The Balaban J connectivity index is 1.52. The zero-order chi connectivity index (χ0) is 24.1. The lowest BCUT2D eigenvalue weighted by molar-refractivity contribution is 0.476. The lowest BCUT2D eigenvalue weighted by Gasteiger charge is -2.11. The Kier molecular flexibility index (Phi) is 4.65. The van der Waals surface area contributed by atoms with E-state index in [2.05, 4.69) is 114 Å². The van der Waals surface area contributed by atoms with Crippen molar-refractivity contribution in [1.82, 2.24) is 4.57 Å².